The predicted octanol–water partition coefficient (Wildman–Crippen LogP) is 4.55. The molecule has 0 aliphatic heterocycles. The number of aromatic nitrogens is 1. The number of pyridine rings is 1. The molecule has 0 spiro atoms. The maximum atomic E-state index is 12.6. The van der Waals surface area contributed by atoms with Crippen molar-refractivity contribution in [3.8, 4) is 0 Å². The summed E-state index contributed by atoms with van der Waals surface area (Å²) in [6.07, 6.45) is 4.46. The van der Waals surface area contributed by atoms with Gasteiger partial charge in [-0.2, -0.15) is 0 Å². The van der Waals surface area contributed by atoms with Crippen molar-refractivity contribution in [2.45, 2.75) is 13.0 Å². The van der Waals surface area contributed by atoms with Crippen molar-refractivity contribution in [2.24, 2.45) is 4.99 Å². The van der Waals surface area contributed by atoms with Gasteiger partial charge >= 0.3 is 6.03 Å². The number of urea groups is 1. The van der Waals surface area contributed by atoms with Gasteiger partial charge in [-0.05, 0) is 37.3 Å². The Bertz CT molecular complexity index is 905. The summed E-state index contributed by atoms with van der Waals surface area (Å²) in [5.41, 5.74) is 0.587. The Morgan fingerprint density at radius 1 is 1.36 bits per heavy atom. The number of hydrogen-bond acceptors (Lipinski definition) is 5. The van der Waals surface area contributed by atoms with Crippen LogP contribution in [0.2, 0.25) is 10.0 Å². The second kappa shape index (κ2) is 10.2. The van der Waals surface area contributed by atoms with Crippen LogP contribution in [-0.2, 0) is 0 Å². The molecule has 28 heavy (non-hydrogen) atoms. The Labute approximate surface area is 176 Å². The fourth-order valence-electron chi connectivity index (χ4n) is 2.24. The molecule has 1 unspecified atom stereocenters. The Kier molecular flexibility index (Phi) is 7.92. The molecule has 1 heterocycles. The normalized spacial score (nSPS) is 11.9. The third kappa shape index (κ3) is 5.76. The van der Waals surface area contributed by atoms with Gasteiger partial charge in [0, 0.05) is 24.0 Å². The molecule has 1 aromatic heterocycles. The van der Waals surface area contributed by atoms with E-state index >= 15 is 0 Å². The molecule has 0 aliphatic carbocycles. The van der Waals surface area contributed by atoms with Crippen LogP contribution in [0.5, 0.6) is 0 Å². The molecule has 0 fully saturated rings. The van der Waals surface area contributed by atoms with E-state index in [4.69, 9.17) is 40.2 Å². The lowest BCUT2D eigenvalue weighted by molar-refractivity contribution is 0.0953. The number of aliphatic imine (C=N–C) groups is 1. The highest BCUT2D eigenvalue weighted by Gasteiger charge is 2.26. The zero-order valence-electron chi connectivity index (χ0n) is 14.7. The second-order valence-electron chi connectivity index (χ2n) is 5.45. The fraction of sp³-hybridized carbons (Fsp3) is 0.167. The average molecular weight is 441 g/mol. The van der Waals surface area contributed by atoms with Crippen LogP contribution in [0, 0.1) is 5.41 Å². The summed E-state index contributed by atoms with van der Waals surface area (Å²) in [5.74, 6) is -0.722. The maximum Gasteiger partial charge on any atom is 0.325 e. The highest BCUT2D eigenvalue weighted by molar-refractivity contribution is 6.67. The lowest BCUT2D eigenvalue weighted by Gasteiger charge is -2.26. The average Bonchev–Trinajstić information content (AvgIpc) is 2.67. The van der Waals surface area contributed by atoms with Crippen LogP contribution in [0.4, 0.5) is 10.5 Å². The number of imide groups is 1. The maximum absolute atomic E-state index is 12.6. The zero-order valence-corrected chi connectivity index (χ0v) is 17.0. The minimum Gasteiger partial charge on any atom is -0.310 e. The molecule has 1 aromatic carbocycles. The minimum absolute atomic E-state index is 0.0556. The van der Waals surface area contributed by atoms with E-state index in [-0.39, 0.29) is 22.3 Å². The van der Waals surface area contributed by atoms with Gasteiger partial charge < -0.3 is 4.90 Å². The van der Waals surface area contributed by atoms with Gasteiger partial charge in [0.25, 0.3) is 5.91 Å². The van der Waals surface area contributed by atoms with Crippen molar-refractivity contribution in [1.82, 2.24) is 15.2 Å². The number of hydrogen-bond donors (Lipinski definition) is 2. The summed E-state index contributed by atoms with van der Waals surface area (Å²) < 4.78 is 0. The van der Waals surface area contributed by atoms with Gasteiger partial charge in [0.2, 0.25) is 0 Å². The van der Waals surface area contributed by atoms with E-state index in [1.54, 1.807) is 25.3 Å². The van der Waals surface area contributed by atoms with Crippen LogP contribution in [0.1, 0.15) is 17.3 Å². The van der Waals surface area contributed by atoms with Crippen molar-refractivity contribution >= 4 is 63.8 Å². The number of carbonyl (C=O) groups is 2. The lowest BCUT2D eigenvalue weighted by Crippen LogP contribution is -2.50. The van der Waals surface area contributed by atoms with Crippen molar-refractivity contribution in [1.29, 1.82) is 5.41 Å². The third-order valence-corrected chi connectivity index (χ3v) is 4.39. The SMILES string of the molecule is CCN(C(=O)NC(=O)c1cc(Cl)ccc1Cl)C(C=Nc1cccnc1)C(=N)Cl. The lowest BCUT2D eigenvalue weighted by atomic mass is 10.2. The monoisotopic (exact) mass is 439 g/mol. The van der Waals surface area contributed by atoms with Gasteiger partial charge in [0.15, 0.2) is 0 Å². The van der Waals surface area contributed by atoms with Gasteiger partial charge in [-0.1, -0.05) is 34.8 Å². The summed E-state index contributed by atoms with van der Waals surface area (Å²) >= 11 is 17.7. The number of nitrogens with zero attached hydrogens (tertiary/aromatic N) is 3. The van der Waals surface area contributed by atoms with E-state index in [1.807, 2.05) is 0 Å². The Balaban J connectivity index is 2.19. The van der Waals surface area contributed by atoms with Crippen molar-refractivity contribution in [2.75, 3.05) is 6.54 Å². The first-order chi connectivity index (χ1) is 13.3. The summed E-state index contributed by atoms with van der Waals surface area (Å²) in [7, 11) is 0. The first-order valence-corrected chi connectivity index (χ1v) is 9.22. The molecule has 146 valence electrons. The smallest absolute Gasteiger partial charge is 0.310 e. The van der Waals surface area contributed by atoms with Crippen LogP contribution in [-0.4, -0.2) is 45.8 Å². The number of amides is 3. The first-order valence-electron chi connectivity index (χ1n) is 8.08. The molecule has 0 radical (unpaired) electrons. The van der Waals surface area contributed by atoms with E-state index in [2.05, 4.69) is 15.3 Å². The highest BCUT2D eigenvalue weighted by atomic mass is 35.5. The van der Waals surface area contributed by atoms with Crippen molar-refractivity contribution in [3.05, 3.63) is 58.3 Å². The van der Waals surface area contributed by atoms with E-state index < -0.39 is 18.0 Å². The molecule has 0 saturated carbocycles. The second-order valence-corrected chi connectivity index (χ2v) is 6.70. The third-order valence-electron chi connectivity index (χ3n) is 3.60. The standard InChI is InChI=1S/C18H16Cl3N5O2/c1-2-26(15(16(21)22)10-24-12-4-3-7-23-9-12)18(28)25-17(27)13-8-11(19)5-6-14(13)20/h3-10,15,22H,2H2,1H3,(H,25,27,28). The molecule has 7 nitrogen and oxygen atoms in total. The zero-order chi connectivity index (χ0) is 20.7. The van der Waals surface area contributed by atoms with Gasteiger partial charge in [0.05, 0.1) is 22.5 Å². The van der Waals surface area contributed by atoms with Crippen molar-refractivity contribution in [3.63, 3.8) is 0 Å². The highest BCUT2D eigenvalue weighted by Crippen LogP contribution is 2.20. The van der Waals surface area contributed by atoms with Gasteiger partial charge in [-0.3, -0.25) is 25.5 Å². The summed E-state index contributed by atoms with van der Waals surface area (Å²) in [6.45, 7) is 1.85. The molecule has 2 N–H and O–H groups in total. The fourth-order valence-corrected chi connectivity index (χ4v) is 2.79. The number of rotatable bonds is 6. The van der Waals surface area contributed by atoms with Crippen LogP contribution in [0.3, 0.4) is 0 Å². The van der Waals surface area contributed by atoms with E-state index in [1.165, 1.54) is 35.5 Å². The predicted molar refractivity (Wildman–Crippen MR) is 111 cm³/mol. The molecular formula is C18H16Cl3N5O2. The van der Waals surface area contributed by atoms with E-state index in [9.17, 15) is 9.59 Å². The number of halogens is 3. The van der Waals surface area contributed by atoms with Crippen LogP contribution in [0.25, 0.3) is 0 Å². The minimum atomic E-state index is -0.963. The molecule has 0 aliphatic rings. The van der Waals surface area contributed by atoms with Gasteiger partial charge in [-0.25, -0.2) is 4.79 Å². The van der Waals surface area contributed by atoms with Gasteiger partial charge in [-0.15, -0.1) is 0 Å². The number of nitrogens with one attached hydrogen (secondary N) is 2. The van der Waals surface area contributed by atoms with Crippen molar-refractivity contribution < 1.29 is 9.59 Å². The molecule has 1 atom stereocenters. The van der Waals surface area contributed by atoms with Crippen LogP contribution < -0.4 is 5.32 Å². The van der Waals surface area contributed by atoms with E-state index in [0.29, 0.717) is 10.7 Å². The Morgan fingerprint density at radius 3 is 2.71 bits per heavy atom. The molecule has 3 amide bonds. The Morgan fingerprint density at radius 2 is 2.11 bits per heavy atom. The molecule has 0 saturated heterocycles. The first kappa shape index (κ1) is 21.8. The number of carbonyl (C=O) groups excluding carboxylic acids is 2. The van der Waals surface area contributed by atoms with Crippen LogP contribution >= 0.6 is 34.8 Å². The molecule has 2 aromatic rings. The molecule has 10 heteroatoms. The summed E-state index contributed by atoms with van der Waals surface area (Å²) in [4.78, 5) is 34.3. The quantitative estimate of drug-likeness (QED) is 0.645. The van der Waals surface area contributed by atoms with Gasteiger partial charge in [0.1, 0.15) is 11.2 Å². The topological polar surface area (TPSA) is 98.5 Å². The largest absolute Gasteiger partial charge is 0.325 e. The summed E-state index contributed by atoms with van der Waals surface area (Å²) in [5, 5.41) is 10.1. The Hall–Kier alpha value is -2.48. The van der Waals surface area contributed by atoms with Crippen LogP contribution in [0.15, 0.2) is 47.7 Å². The molecule has 2 rings (SSSR count). The van der Waals surface area contributed by atoms with E-state index in [0.717, 1.165) is 0 Å². The number of benzene rings is 1. The molecule has 0 bridgehead atoms. The summed E-state index contributed by atoms with van der Waals surface area (Å²) in [6, 6.07) is 6.03. The molecular weight excluding hydrogens is 425 g/mol.